The fourth-order valence-electron chi connectivity index (χ4n) is 4.51. The smallest absolute Gasteiger partial charge is 0.338 e. The maximum Gasteiger partial charge on any atom is 0.338 e. The predicted molar refractivity (Wildman–Crippen MR) is 155 cm³/mol. The van der Waals surface area contributed by atoms with Crippen LogP contribution in [-0.4, -0.2) is 30.4 Å². The summed E-state index contributed by atoms with van der Waals surface area (Å²) in [5.74, 6) is 1.06. The van der Waals surface area contributed by atoms with Gasteiger partial charge < -0.3 is 14.2 Å². The van der Waals surface area contributed by atoms with Gasteiger partial charge in [0.25, 0.3) is 5.56 Å². The average Bonchev–Trinajstić information content (AvgIpc) is 3.26. The van der Waals surface area contributed by atoms with Crippen LogP contribution in [0.25, 0.3) is 6.08 Å². The molecule has 3 aromatic carbocycles. The molecule has 1 atom stereocenters. The number of aryl methyl sites for hydroxylation is 1. The number of hydrogen-bond acceptors (Lipinski definition) is 7. The minimum absolute atomic E-state index is 0.208. The summed E-state index contributed by atoms with van der Waals surface area (Å²) in [6.07, 6.45) is 1.83. The second-order valence-electron chi connectivity index (χ2n) is 9.29. The van der Waals surface area contributed by atoms with Crippen molar-refractivity contribution in [2.75, 3.05) is 19.8 Å². The van der Waals surface area contributed by atoms with E-state index in [9.17, 15) is 9.59 Å². The standard InChI is InChI=1S/C32H30N2O5S/c1-4-37-31(36)28-22(3)33-32-34(29(28)24-8-6-5-7-9-24)30(35)27(40-32)20-23-12-16-26(17-13-23)39-19-18-38-25-14-10-21(2)11-15-25/h5-17,20,29H,4,18-19H2,1-3H3/b27-20+/t29-/m0/s1. The van der Waals surface area contributed by atoms with Crippen LogP contribution in [0.3, 0.4) is 0 Å². The Morgan fingerprint density at radius 1 is 0.925 bits per heavy atom. The Balaban J connectivity index is 1.37. The normalized spacial score (nSPS) is 14.9. The molecule has 0 spiro atoms. The van der Waals surface area contributed by atoms with Crippen molar-refractivity contribution in [3.05, 3.63) is 127 Å². The van der Waals surface area contributed by atoms with Crippen molar-refractivity contribution < 1.29 is 19.0 Å². The molecule has 7 nitrogen and oxygen atoms in total. The van der Waals surface area contributed by atoms with Crippen molar-refractivity contribution >= 4 is 23.4 Å². The molecule has 0 saturated heterocycles. The van der Waals surface area contributed by atoms with Gasteiger partial charge >= 0.3 is 5.97 Å². The summed E-state index contributed by atoms with van der Waals surface area (Å²) in [5, 5.41) is 0. The van der Waals surface area contributed by atoms with Gasteiger partial charge in [0.15, 0.2) is 4.80 Å². The quantitative estimate of drug-likeness (QED) is 0.224. The zero-order valence-electron chi connectivity index (χ0n) is 22.6. The Labute approximate surface area is 236 Å². The number of esters is 1. The zero-order chi connectivity index (χ0) is 28.1. The fraction of sp³-hybridized carbons (Fsp3) is 0.219. The highest BCUT2D eigenvalue weighted by Crippen LogP contribution is 2.30. The van der Waals surface area contributed by atoms with Crippen LogP contribution in [-0.2, 0) is 9.53 Å². The number of nitrogens with zero attached hydrogens (tertiary/aromatic N) is 2. The minimum Gasteiger partial charge on any atom is -0.490 e. The summed E-state index contributed by atoms with van der Waals surface area (Å²) in [5.41, 5.74) is 3.57. The Hall–Kier alpha value is -4.43. The summed E-state index contributed by atoms with van der Waals surface area (Å²) >= 11 is 1.30. The van der Waals surface area contributed by atoms with E-state index in [1.807, 2.05) is 91.9 Å². The number of rotatable bonds is 9. The molecule has 40 heavy (non-hydrogen) atoms. The van der Waals surface area contributed by atoms with Crippen molar-refractivity contribution in [1.29, 1.82) is 0 Å². The van der Waals surface area contributed by atoms with Crippen molar-refractivity contribution in [3.63, 3.8) is 0 Å². The van der Waals surface area contributed by atoms with E-state index in [0.29, 0.717) is 39.6 Å². The van der Waals surface area contributed by atoms with Gasteiger partial charge in [-0.15, -0.1) is 0 Å². The lowest BCUT2D eigenvalue weighted by Gasteiger charge is -2.24. The van der Waals surface area contributed by atoms with E-state index in [1.165, 1.54) is 16.9 Å². The second-order valence-corrected chi connectivity index (χ2v) is 10.3. The van der Waals surface area contributed by atoms with Crippen LogP contribution in [0, 0.1) is 6.92 Å². The lowest BCUT2D eigenvalue weighted by atomic mass is 9.96. The van der Waals surface area contributed by atoms with Crippen molar-refractivity contribution in [2.24, 2.45) is 4.99 Å². The fourth-order valence-corrected chi connectivity index (χ4v) is 5.55. The first-order valence-corrected chi connectivity index (χ1v) is 13.9. The molecule has 0 radical (unpaired) electrons. The lowest BCUT2D eigenvalue weighted by Crippen LogP contribution is -2.39. The van der Waals surface area contributed by atoms with Gasteiger partial charge in [0.05, 0.1) is 28.5 Å². The Kier molecular flexibility index (Phi) is 8.26. The van der Waals surface area contributed by atoms with Gasteiger partial charge in [0.1, 0.15) is 24.7 Å². The molecule has 2 heterocycles. The lowest BCUT2D eigenvalue weighted by molar-refractivity contribution is -0.139. The highest BCUT2D eigenvalue weighted by molar-refractivity contribution is 7.07. The van der Waals surface area contributed by atoms with Crippen molar-refractivity contribution in [1.82, 2.24) is 4.57 Å². The molecule has 0 fully saturated rings. The van der Waals surface area contributed by atoms with Gasteiger partial charge in [0, 0.05) is 0 Å². The molecule has 0 aliphatic carbocycles. The van der Waals surface area contributed by atoms with Crippen LogP contribution in [0.4, 0.5) is 0 Å². The molecule has 0 amide bonds. The molecule has 1 aliphatic rings. The van der Waals surface area contributed by atoms with E-state index in [-0.39, 0.29) is 12.2 Å². The Morgan fingerprint density at radius 3 is 2.17 bits per heavy atom. The number of hydrogen-bond donors (Lipinski definition) is 0. The molecular formula is C32H30N2O5S. The van der Waals surface area contributed by atoms with Gasteiger partial charge in [-0.3, -0.25) is 9.36 Å². The number of ether oxygens (including phenoxy) is 3. The highest BCUT2D eigenvalue weighted by atomic mass is 32.1. The van der Waals surface area contributed by atoms with Crippen molar-refractivity contribution in [2.45, 2.75) is 26.8 Å². The number of carbonyl (C=O) groups is 1. The molecule has 0 unspecified atom stereocenters. The van der Waals surface area contributed by atoms with Crippen LogP contribution in [0.2, 0.25) is 0 Å². The first kappa shape index (κ1) is 27.1. The third-order valence-electron chi connectivity index (χ3n) is 6.45. The van der Waals surface area contributed by atoms with E-state index >= 15 is 0 Å². The Bertz CT molecular complexity index is 1700. The number of carbonyl (C=O) groups excluding carboxylic acids is 1. The second kappa shape index (κ2) is 12.2. The van der Waals surface area contributed by atoms with Gasteiger partial charge in [-0.25, -0.2) is 9.79 Å². The van der Waals surface area contributed by atoms with E-state index < -0.39 is 12.0 Å². The molecule has 5 rings (SSSR count). The molecule has 0 bridgehead atoms. The molecule has 8 heteroatoms. The maximum absolute atomic E-state index is 13.7. The maximum atomic E-state index is 13.7. The van der Waals surface area contributed by atoms with Crippen LogP contribution >= 0.6 is 11.3 Å². The van der Waals surface area contributed by atoms with Gasteiger partial charge in [-0.05, 0) is 62.2 Å². The number of fused-ring (bicyclic) bond motifs is 1. The van der Waals surface area contributed by atoms with Crippen LogP contribution < -0.4 is 24.4 Å². The topological polar surface area (TPSA) is 79.1 Å². The first-order chi connectivity index (χ1) is 19.4. The number of allylic oxidation sites excluding steroid dienone is 1. The summed E-state index contributed by atoms with van der Waals surface area (Å²) in [7, 11) is 0. The third-order valence-corrected chi connectivity index (χ3v) is 7.43. The molecule has 0 N–H and O–H groups in total. The van der Waals surface area contributed by atoms with E-state index in [4.69, 9.17) is 14.2 Å². The first-order valence-electron chi connectivity index (χ1n) is 13.1. The van der Waals surface area contributed by atoms with Crippen molar-refractivity contribution in [3.8, 4) is 11.5 Å². The van der Waals surface area contributed by atoms with E-state index in [0.717, 1.165) is 16.9 Å². The monoisotopic (exact) mass is 554 g/mol. The molecule has 1 aromatic heterocycles. The van der Waals surface area contributed by atoms with Gasteiger partial charge in [-0.1, -0.05) is 71.5 Å². The van der Waals surface area contributed by atoms with Gasteiger partial charge in [0.2, 0.25) is 0 Å². The molecular weight excluding hydrogens is 524 g/mol. The third kappa shape index (κ3) is 5.92. The molecule has 4 aromatic rings. The Morgan fingerprint density at radius 2 is 1.55 bits per heavy atom. The zero-order valence-corrected chi connectivity index (χ0v) is 23.4. The number of aromatic nitrogens is 1. The molecule has 204 valence electrons. The van der Waals surface area contributed by atoms with Crippen LogP contribution in [0.1, 0.15) is 36.6 Å². The minimum atomic E-state index is -0.614. The SMILES string of the molecule is CCOC(=O)C1=C(C)N=c2s/c(=C/c3ccc(OCCOc4ccc(C)cc4)cc3)c(=O)n2[C@H]1c1ccccc1. The summed E-state index contributed by atoms with van der Waals surface area (Å²) < 4.78 is 19.0. The number of benzene rings is 3. The van der Waals surface area contributed by atoms with E-state index in [2.05, 4.69) is 4.99 Å². The summed E-state index contributed by atoms with van der Waals surface area (Å²) in [4.78, 5) is 31.8. The van der Waals surface area contributed by atoms with Gasteiger partial charge in [-0.2, -0.15) is 0 Å². The summed E-state index contributed by atoms with van der Waals surface area (Å²) in [6, 6.07) is 24.3. The predicted octanol–water partition coefficient (Wildman–Crippen LogP) is 4.56. The molecule has 1 aliphatic heterocycles. The average molecular weight is 555 g/mol. The largest absolute Gasteiger partial charge is 0.490 e. The summed E-state index contributed by atoms with van der Waals surface area (Å²) in [6.45, 7) is 6.66. The van der Waals surface area contributed by atoms with Crippen LogP contribution in [0.15, 0.2) is 99.9 Å². The highest BCUT2D eigenvalue weighted by Gasteiger charge is 2.33. The van der Waals surface area contributed by atoms with Crippen LogP contribution in [0.5, 0.6) is 11.5 Å². The molecule has 0 saturated carbocycles. The van der Waals surface area contributed by atoms with E-state index in [1.54, 1.807) is 18.4 Å². The number of thiazole rings is 1.